The van der Waals surface area contributed by atoms with E-state index in [1.807, 2.05) is 0 Å². The summed E-state index contributed by atoms with van der Waals surface area (Å²) in [6.07, 6.45) is -0.735. The maximum Gasteiger partial charge on any atom is 0.316 e. The number of urea groups is 1. The Bertz CT molecular complexity index is 357. The minimum absolute atomic E-state index is 0.0634. The van der Waals surface area contributed by atoms with E-state index in [1.54, 1.807) is 24.3 Å². The summed E-state index contributed by atoms with van der Waals surface area (Å²) in [5, 5.41) is 11.6. The van der Waals surface area contributed by atoms with Gasteiger partial charge >= 0.3 is 6.03 Å². The molecule has 2 amide bonds. The lowest BCUT2D eigenvalue weighted by atomic mass is 10.3. The second kappa shape index (κ2) is 5.94. The van der Waals surface area contributed by atoms with Crippen LogP contribution in [0.25, 0.3) is 0 Å². The first-order valence-corrected chi connectivity index (χ1v) is 4.80. The molecule has 0 aliphatic carbocycles. The highest BCUT2D eigenvalue weighted by molar-refractivity contribution is 5.89. The Morgan fingerprint density at radius 3 is 2.81 bits per heavy atom. The Kier molecular flexibility index (Phi) is 4.56. The van der Waals surface area contributed by atoms with E-state index >= 15 is 0 Å². The molecule has 0 fully saturated rings. The van der Waals surface area contributed by atoms with Gasteiger partial charge in [0, 0.05) is 6.54 Å². The van der Waals surface area contributed by atoms with E-state index in [2.05, 4.69) is 5.32 Å². The highest BCUT2D eigenvalue weighted by Gasteiger charge is 2.07. The summed E-state index contributed by atoms with van der Waals surface area (Å²) in [6, 6.07) is 6.12. The molecule has 88 valence electrons. The van der Waals surface area contributed by atoms with Crippen molar-refractivity contribution in [2.24, 2.45) is 11.5 Å². The third-order valence-corrected chi connectivity index (χ3v) is 1.85. The molecule has 16 heavy (non-hydrogen) atoms. The van der Waals surface area contributed by atoms with E-state index in [-0.39, 0.29) is 13.2 Å². The van der Waals surface area contributed by atoms with Gasteiger partial charge in [0.25, 0.3) is 0 Å². The normalized spacial score (nSPS) is 11.9. The molecular formula is C10H15N3O3. The molecule has 1 unspecified atom stereocenters. The number of carbonyl (C=O) groups excluding carboxylic acids is 1. The van der Waals surface area contributed by atoms with Gasteiger partial charge < -0.3 is 26.6 Å². The lowest BCUT2D eigenvalue weighted by Crippen LogP contribution is -2.27. The Labute approximate surface area is 93.2 Å². The number of benzene rings is 1. The van der Waals surface area contributed by atoms with E-state index in [1.165, 1.54) is 0 Å². The molecule has 0 radical (unpaired) electrons. The number of primary amides is 1. The van der Waals surface area contributed by atoms with Gasteiger partial charge in [-0.3, -0.25) is 0 Å². The van der Waals surface area contributed by atoms with Gasteiger partial charge in [0.05, 0.1) is 5.69 Å². The molecule has 0 saturated heterocycles. The fraction of sp³-hybridized carbons (Fsp3) is 0.300. The van der Waals surface area contributed by atoms with Crippen LogP contribution in [-0.2, 0) is 0 Å². The van der Waals surface area contributed by atoms with Crippen molar-refractivity contribution in [3.05, 3.63) is 24.3 Å². The van der Waals surface area contributed by atoms with Gasteiger partial charge in [0.15, 0.2) is 0 Å². The zero-order chi connectivity index (χ0) is 12.0. The van der Waals surface area contributed by atoms with Crippen molar-refractivity contribution < 1.29 is 14.6 Å². The van der Waals surface area contributed by atoms with Crippen molar-refractivity contribution >= 4 is 11.7 Å². The first-order chi connectivity index (χ1) is 7.63. The first-order valence-electron chi connectivity index (χ1n) is 4.80. The molecular weight excluding hydrogens is 210 g/mol. The molecule has 0 heterocycles. The zero-order valence-corrected chi connectivity index (χ0v) is 8.72. The fourth-order valence-corrected chi connectivity index (χ4v) is 1.08. The zero-order valence-electron chi connectivity index (χ0n) is 8.72. The monoisotopic (exact) mass is 225 g/mol. The van der Waals surface area contributed by atoms with Gasteiger partial charge in [-0.25, -0.2) is 4.79 Å². The lowest BCUT2D eigenvalue weighted by Gasteiger charge is -2.13. The summed E-state index contributed by atoms with van der Waals surface area (Å²) in [7, 11) is 0. The first kappa shape index (κ1) is 12.3. The number of nitrogens with two attached hydrogens (primary N) is 2. The van der Waals surface area contributed by atoms with Gasteiger partial charge in [-0.05, 0) is 12.1 Å². The number of aliphatic hydroxyl groups is 1. The quantitative estimate of drug-likeness (QED) is 0.559. The molecule has 6 nitrogen and oxygen atoms in total. The van der Waals surface area contributed by atoms with Gasteiger partial charge in [0.1, 0.15) is 18.5 Å². The molecule has 6 N–H and O–H groups in total. The number of amides is 2. The molecule has 1 aromatic rings. The van der Waals surface area contributed by atoms with Crippen molar-refractivity contribution in [1.29, 1.82) is 0 Å². The minimum Gasteiger partial charge on any atom is -0.489 e. The van der Waals surface area contributed by atoms with Crippen LogP contribution >= 0.6 is 0 Å². The van der Waals surface area contributed by atoms with Crippen molar-refractivity contribution in [2.75, 3.05) is 18.5 Å². The maximum absolute atomic E-state index is 10.7. The summed E-state index contributed by atoms with van der Waals surface area (Å²) >= 11 is 0. The third-order valence-electron chi connectivity index (χ3n) is 1.85. The number of carbonyl (C=O) groups is 1. The van der Waals surface area contributed by atoms with E-state index in [9.17, 15) is 9.90 Å². The maximum atomic E-state index is 10.7. The van der Waals surface area contributed by atoms with Crippen LogP contribution < -0.4 is 21.5 Å². The number of para-hydroxylation sites is 2. The minimum atomic E-state index is -0.735. The summed E-state index contributed by atoms with van der Waals surface area (Å²) in [6.45, 7) is 0.180. The average Bonchev–Trinajstić information content (AvgIpc) is 2.26. The number of rotatable bonds is 5. The largest absolute Gasteiger partial charge is 0.489 e. The molecule has 0 aromatic heterocycles. The predicted molar refractivity (Wildman–Crippen MR) is 60.2 cm³/mol. The van der Waals surface area contributed by atoms with Crippen LogP contribution in [0.1, 0.15) is 0 Å². The molecule has 0 saturated carbocycles. The number of nitrogens with one attached hydrogen (secondary N) is 1. The van der Waals surface area contributed by atoms with Crippen LogP contribution in [0.4, 0.5) is 10.5 Å². The summed E-state index contributed by atoms with van der Waals surface area (Å²) in [4.78, 5) is 10.7. The number of hydrogen-bond donors (Lipinski definition) is 4. The predicted octanol–water partition coefficient (Wildman–Crippen LogP) is -0.124. The molecule has 0 spiro atoms. The Morgan fingerprint density at radius 1 is 1.50 bits per heavy atom. The molecule has 0 aliphatic rings. The summed E-state index contributed by atoms with van der Waals surface area (Å²) < 4.78 is 5.29. The van der Waals surface area contributed by atoms with Crippen LogP contribution in [0, 0.1) is 0 Å². The Morgan fingerprint density at radius 2 is 2.19 bits per heavy atom. The number of ether oxygens (including phenoxy) is 1. The van der Waals surface area contributed by atoms with Crippen molar-refractivity contribution in [3.8, 4) is 5.75 Å². The molecule has 0 aliphatic heterocycles. The molecule has 6 heteroatoms. The molecule has 1 rings (SSSR count). The number of aliphatic hydroxyl groups excluding tert-OH is 1. The Hall–Kier alpha value is -1.79. The van der Waals surface area contributed by atoms with Crippen LogP contribution in [-0.4, -0.2) is 30.4 Å². The lowest BCUT2D eigenvalue weighted by molar-refractivity contribution is 0.114. The summed E-state index contributed by atoms with van der Waals surface area (Å²) in [5.41, 5.74) is 10.7. The van der Waals surface area contributed by atoms with Crippen molar-refractivity contribution in [2.45, 2.75) is 6.10 Å². The van der Waals surface area contributed by atoms with Crippen LogP contribution in [0.5, 0.6) is 5.75 Å². The second-order valence-electron chi connectivity index (χ2n) is 3.19. The highest BCUT2D eigenvalue weighted by Crippen LogP contribution is 2.23. The third kappa shape index (κ3) is 3.76. The van der Waals surface area contributed by atoms with Crippen LogP contribution in [0.2, 0.25) is 0 Å². The molecule has 1 aromatic carbocycles. The molecule has 1 atom stereocenters. The molecule has 0 bridgehead atoms. The Balaban J connectivity index is 2.67. The van der Waals surface area contributed by atoms with Gasteiger partial charge in [0.2, 0.25) is 0 Å². The van der Waals surface area contributed by atoms with Gasteiger partial charge in [-0.2, -0.15) is 0 Å². The van der Waals surface area contributed by atoms with Crippen LogP contribution in [0.3, 0.4) is 0 Å². The second-order valence-corrected chi connectivity index (χ2v) is 3.19. The fourth-order valence-electron chi connectivity index (χ4n) is 1.08. The highest BCUT2D eigenvalue weighted by atomic mass is 16.5. The number of anilines is 1. The van der Waals surface area contributed by atoms with Crippen molar-refractivity contribution in [3.63, 3.8) is 0 Å². The topological polar surface area (TPSA) is 111 Å². The SMILES string of the molecule is NCC(O)COc1ccccc1NC(N)=O. The van der Waals surface area contributed by atoms with Gasteiger partial charge in [-0.15, -0.1) is 0 Å². The average molecular weight is 225 g/mol. The van der Waals surface area contributed by atoms with E-state index in [0.29, 0.717) is 11.4 Å². The van der Waals surface area contributed by atoms with Crippen LogP contribution in [0.15, 0.2) is 24.3 Å². The standard InChI is InChI=1S/C10H15N3O3/c11-5-7(14)6-16-9-4-2-1-3-8(9)13-10(12)15/h1-4,7,14H,5-6,11H2,(H3,12,13,15). The van der Waals surface area contributed by atoms with Gasteiger partial charge in [-0.1, -0.05) is 12.1 Å². The summed E-state index contributed by atoms with van der Waals surface area (Å²) in [5.74, 6) is 0.439. The van der Waals surface area contributed by atoms with E-state index in [0.717, 1.165) is 0 Å². The smallest absolute Gasteiger partial charge is 0.316 e. The van der Waals surface area contributed by atoms with E-state index < -0.39 is 12.1 Å². The number of hydrogen-bond acceptors (Lipinski definition) is 4. The van der Waals surface area contributed by atoms with E-state index in [4.69, 9.17) is 16.2 Å². The van der Waals surface area contributed by atoms with Crippen molar-refractivity contribution in [1.82, 2.24) is 0 Å².